The van der Waals surface area contributed by atoms with E-state index in [2.05, 4.69) is 27.8 Å². The smallest absolute Gasteiger partial charge is 0.257 e. The Morgan fingerprint density at radius 1 is 1.38 bits per heavy atom. The summed E-state index contributed by atoms with van der Waals surface area (Å²) in [5.41, 5.74) is 1.07. The molecule has 0 unspecified atom stereocenters. The Morgan fingerprint density at radius 2 is 2.00 bits per heavy atom. The first-order valence-electron chi connectivity index (χ1n) is 3.86. The Labute approximate surface area is 85.8 Å². The fourth-order valence-corrected chi connectivity index (χ4v) is 1.01. The van der Waals surface area contributed by atoms with E-state index in [1.54, 1.807) is 0 Å². The molecule has 0 radical (unpaired) electrons. The number of nitrogens with one attached hydrogen (secondary N) is 1. The number of hydrogen-bond donors (Lipinski definition) is 1. The third kappa shape index (κ3) is 3.42. The predicted molar refractivity (Wildman–Crippen MR) is 56.4 cm³/mol. The molecule has 1 aromatic rings. The van der Waals surface area contributed by atoms with Crippen molar-refractivity contribution in [2.45, 2.75) is 6.54 Å². The molecule has 13 heavy (non-hydrogen) atoms. The maximum Gasteiger partial charge on any atom is 0.257 e. The van der Waals surface area contributed by atoms with Gasteiger partial charge in [-0.05, 0) is 21.5 Å². The molecular formula is C10H10BrNO. The van der Waals surface area contributed by atoms with E-state index in [0.717, 1.165) is 5.56 Å². The topological polar surface area (TPSA) is 29.1 Å². The molecule has 0 aliphatic rings. The van der Waals surface area contributed by atoms with Gasteiger partial charge in [0, 0.05) is 6.54 Å². The summed E-state index contributed by atoms with van der Waals surface area (Å²) in [7, 11) is 0. The molecule has 0 atom stereocenters. The molecule has 0 aliphatic carbocycles. The summed E-state index contributed by atoms with van der Waals surface area (Å²) in [6, 6.07) is 9.72. The van der Waals surface area contributed by atoms with Crippen LogP contribution < -0.4 is 5.32 Å². The highest BCUT2D eigenvalue weighted by atomic mass is 79.9. The number of hydrogen-bond acceptors (Lipinski definition) is 1. The first-order chi connectivity index (χ1) is 6.20. The van der Waals surface area contributed by atoms with Gasteiger partial charge in [-0.15, -0.1) is 0 Å². The van der Waals surface area contributed by atoms with Crippen LogP contribution >= 0.6 is 15.9 Å². The number of halogens is 1. The fourth-order valence-electron chi connectivity index (χ4n) is 0.874. The molecule has 0 saturated heterocycles. The van der Waals surface area contributed by atoms with Crippen molar-refractivity contribution in [3.8, 4) is 0 Å². The van der Waals surface area contributed by atoms with Crippen LogP contribution in [0.1, 0.15) is 5.56 Å². The quantitative estimate of drug-likeness (QED) is 0.806. The highest BCUT2D eigenvalue weighted by Crippen LogP contribution is 2.01. The van der Waals surface area contributed by atoms with Crippen LogP contribution in [0.2, 0.25) is 0 Å². The summed E-state index contributed by atoms with van der Waals surface area (Å²) < 4.78 is 0.350. The van der Waals surface area contributed by atoms with Gasteiger partial charge in [-0.25, -0.2) is 0 Å². The van der Waals surface area contributed by atoms with Gasteiger partial charge in [0.05, 0.1) is 4.48 Å². The summed E-state index contributed by atoms with van der Waals surface area (Å²) in [5, 5.41) is 2.71. The van der Waals surface area contributed by atoms with Crippen molar-refractivity contribution in [2.75, 3.05) is 0 Å². The summed E-state index contributed by atoms with van der Waals surface area (Å²) in [6.07, 6.45) is 0. The summed E-state index contributed by atoms with van der Waals surface area (Å²) in [5.74, 6) is -0.177. The van der Waals surface area contributed by atoms with E-state index in [4.69, 9.17) is 0 Å². The second kappa shape index (κ2) is 4.82. The molecule has 0 saturated carbocycles. The Hall–Kier alpha value is -1.09. The van der Waals surface area contributed by atoms with Crippen molar-refractivity contribution >= 4 is 21.8 Å². The maximum absolute atomic E-state index is 11.1. The van der Waals surface area contributed by atoms with E-state index in [1.165, 1.54) is 0 Å². The van der Waals surface area contributed by atoms with E-state index in [-0.39, 0.29) is 5.91 Å². The molecule has 3 heteroatoms. The summed E-state index contributed by atoms with van der Waals surface area (Å²) in [6.45, 7) is 4.00. The number of rotatable bonds is 3. The lowest BCUT2D eigenvalue weighted by atomic mass is 10.2. The lowest BCUT2D eigenvalue weighted by Gasteiger charge is -2.02. The molecule has 1 amide bonds. The third-order valence-corrected chi connectivity index (χ3v) is 1.90. The average Bonchev–Trinajstić information content (AvgIpc) is 2.15. The standard InChI is InChI=1S/C10H10BrNO/c1-8(11)10(13)12-7-9-5-3-2-4-6-9/h2-6H,1,7H2,(H,12,13). The second-order valence-corrected chi connectivity index (χ2v) is 3.53. The van der Waals surface area contributed by atoms with E-state index in [9.17, 15) is 4.79 Å². The first kappa shape index (κ1) is 9.99. The van der Waals surface area contributed by atoms with Gasteiger partial charge in [-0.1, -0.05) is 36.9 Å². The number of amides is 1. The first-order valence-corrected chi connectivity index (χ1v) is 4.66. The van der Waals surface area contributed by atoms with Crippen molar-refractivity contribution in [1.29, 1.82) is 0 Å². The molecule has 0 heterocycles. The molecule has 68 valence electrons. The summed E-state index contributed by atoms with van der Waals surface area (Å²) in [4.78, 5) is 11.1. The molecule has 2 nitrogen and oxygen atoms in total. The SMILES string of the molecule is C=C(Br)C(=O)NCc1ccccc1. The molecule has 1 N–H and O–H groups in total. The lowest BCUT2D eigenvalue weighted by Crippen LogP contribution is -2.21. The molecule has 0 fully saturated rings. The zero-order valence-electron chi connectivity index (χ0n) is 7.09. The molecule has 1 aromatic carbocycles. The largest absolute Gasteiger partial charge is 0.348 e. The van der Waals surface area contributed by atoms with Crippen molar-refractivity contribution in [3.05, 3.63) is 47.0 Å². The molecule has 0 spiro atoms. The van der Waals surface area contributed by atoms with Crippen molar-refractivity contribution < 1.29 is 4.79 Å². The van der Waals surface area contributed by atoms with E-state index in [1.807, 2.05) is 30.3 Å². The number of carbonyl (C=O) groups excluding carboxylic acids is 1. The number of benzene rings is 1. The third-order valence-electron chi connectivity index (χ3n) is 1.54. The normalized spacial score (nSPS) is 9.31. The zero-order valence-corrected chi connectivity index (χ0v) is 8.67. The van der Waals surface area contributed by atoms with Crippen LogP contribution in [0, 0.1) is 0 Å². The van der Waals surface area contributed by atoms with Gasteiger partial charge in [0.1, 0.15) is 0 Å². The fraction of sp³-hybridized carbons (Fsp3) is 0.100. The molecular weight excluding hydrogens is 230 g/mol. The van der Waals surface area contributed by atoms with Crippen LogP contribution in [-0.4, -0.2) is 5.91 Å². The Kier molecular flexibility index (Phi) is 3.71. The average molecular weight is 240 g/mol. The maximum atomic E-state index is 11.1. The van der Waals surface area contributed by atoms with Gasteiger partial charge in [-0.3, -0.25) is 4.79 Å². The summed E-state index contributed by atoms with van der Waals surface area (Å²) >= 11 is 3.01. The van der Waals surface area contributed by atoms with Crippen molar-refractivity contribution in [2.24, 2.45) is 0 Å². The van der Waals surface area contributed by atoms with Crippen LogP contribution in [0.3, 0.4) is 0 Å². The highest BCUT2D eigenvalue weighted by molar-refractivity contribution is 9.12. The highest BCUT2D eigenvalue weighted by Gasteiger charge is 2.01. The van der Waals surface area contributed by atoms with Gasteiger partial charge in [0.2, 0.25) is 0 Å². The van der Waals surface area contributed by atoms with Crippen molar-refractivity contribution in [1.82, 2.24) is 5.32 Å². The molecule has 0 bridgehead atoms. The zero-order chi connectivity index (χ0) is 9.68. The van der Waals surface area contributed by atoms with Gasteiger partial charge in [-0.2, -0.15) is 0 Å². The minimum atomic E-state index is -0.177. The minimum absolute atomic E-state index is 0.177. The molecule has 1 rings (SSSR count). The Morgan fingerprint density at radius 3 is 2.54 bits per heavy atom. The van der Waals surface area contributed by atoms with Crippen LogP contribution in [0.4, 0.5) is 0 Å². The number of carbonyl (C=O) groups is 1. The second-order valence-electron chi connectivity index (χ2n) is 2.57. The van der Waals surface area contributed by atoms with Gasteiger partial charge >= 0.3 is 0 Å². The Balaban J connectivity index is 2.44. The van der Waals surface area contributed by atoms with E-state index < -0.39 is 0 Å². The molecule has 0 aromatic heterocycles. The lowest BCUT2D eigenvalue weighted by molar-refractivity contribution is -0.116. The van der Waals surface area contributed by atoms with Crippen LogP contribution in [0.25, 0.3) is 0 Å². The van der Waals surface area contributed by atoms with E-state index in [0.29, 0.717) is 11.0 Å². The van der Waals surface area contributed by atoms with Crippen molar-refractivity contribution in [3.63, 3.8) is 0 Å². The van der Waals surface area contributed by atoms with Crippen LogP contribution in [-0.2, 0) is 11.3 Å². The van der Waals surface area contributed by atoms with Gasteiger partial charge in [0.15, 0.2) is 0 Å². The van der Waals surface area contributed by atoms with Gasteiger partial charge < -0.3 is 5.32 Å². The molecule has 0 aliphatic heterocycles. The van der Waals surface area contributed by atoms with E-state index >= 15 is 0 Å². The van der Waals surface area contributed by atoms with Crippen LogP contribution in [0.5, 0.6) is 0 Å². The van der Waals surface area contributed by atoms with Crippen LogP contribution in [0.15, 0.2) is 41.4 Å². The predicted octanol–water partition coefficient (Wildman–Crippen LogP) is 2.21. The monoisotopic (exact) mass is 239 g/mol. The Bertz CT molecular complexity index is 308. The van der Waals surface area contributed by atoms with Gasteiger partial charge in [0.25, 0.3) is 5.91 Å². The minimum Gasteiger partial charge on any atom is -0.348 e.